The zero-order valence-corrected chi connectivity index (χ0v) is 9.91. The van der Waals surface area contributed by atoms with Gasteiger partial charge in [0.2, 0.25) is 5.91 Å². The second kappa shape index (κ2) is 6.55. The van der Waals surface area contributed by atoms with Crippen LogP contribution in [0.3, 0.4) is 0 Å². The van der Waals surface area contributed by atoms with Gasteiger partial charge in [-0.15, -0.1) is 0 Å². The smallest absolute Gasteiger partial charge is 0.332 e. The molecule has 0 aliphatic carbocycles. The molecule has 1 atom stereocenters. The maximum atomic E-state index is 11.3. The molecule has 1 unspecified atom stereocenters. The molecule has 0 bridgehead atoms. The fourth-order valence-electron chi connectivity index (χ4n) is 1.22. The molecule has 0 aliphatic heterocycles. The number of aromatic nitrogens is 2. The van der Waals surface area contributed by atoms with E-state index in [9.17, 15) is 9.59 Å². The highest BCUT2D eigenvalue weighted by molar-refractivity contribution is 5.91. The maximum Gasteiger partial charge on any atom is 0.332 e. The summed E-state index contributed by atoms with van der Waals surface area (Å²) in [6.07, 6.45) is 3.05. The summed E-state index contributed by atoms with van der Waals surface area (Å²) in [4.78, 5) is 21.7. The van der Waals surface area contributed by atoms with Crippen LogP contribution in [0.2, 0.25) is 0 Å². The van der Waals surface area contributed by atoms with E-state index in [0.29, 0.717) is 0 Å². The Labute approximate surface area is 104 Å². The number of carboxylic acids is 1. The van der Waals surface area contributed by atoms with Crippen LogP contribution in [-0.2, 0) is 16.6 Å². The van der Waals surface area contributed by atoms with Crippen LogP contribution in [0.4, 0.5) is 0 Å². The monoisotopic (exact) mass is 253 g/mol. The highest BCUT2D eigenvalue weighted by Gasteiger charge is 2.12. The number of aliphatic hydroxyl groups excluding tert-OH is 1. The largest absolute Gasteiger partial charge is 0.479 e. The summed E-state index contributed by atoms with van der Waals surface area (Å²) in [5.41, 5.74) is 0.774. The number of hydrogen-bond donors (Lipinski definition) is 3. The zero-order chi connectivity index (χ0) is 13.5. The number of nitrogens with zero attached hydrogens (tertiary/aromatic N) is 2. The van der Waals surface area contributed by atoms with Gasteiger partial charge in [-0.05, 0) is 12.1 Å². The lowest BCUT2D eigenvalue weighted by molar-refractivity contribution is -0.147. The second-order valence-electron chi connectivity index (χ2n) is 3.65. The van der Waals surface area contributed by atoms with Gasteiger partial charge in [0, 0.05) is 32.3 Å². The topological polar surface area (TPSA) is 104 Å². The minimum absolute atomic E-state index is 0.0272. The van der Waals surface area contributed by atoms with Crippen LogP contribution in [0.1, 0.15) is 12.1 Å². The van der Waals surface area contributed by atoms with E-state index < -0.39 is 12.1 Å². The Morgan fingerprint density at radius 1 is 1.61 bits per heavy atom. The number of aryl methyl sites for hydroxylation is 1. The van der Waals surface area contributed by atoms with E-state index in [1.165, 1.54) is 6.08 Å². The molecule has 0 saturated heterocycles. The molecular formula is C11H15N3O4. The Balaban J connectivity index is 2.32. The Morgan fingerprint density at radius 3 is 2.89 bits per heavy atom. The molecule has 7 heteroatoms. The summed E-state index contributed by atoms with van der Waals surface area (Å²) in [5, 5.41) is 23.8. The number of carbonyl (C=O) groups excluding carboxylic acids is 1. The van der Waals surface area contributed by atoms with Gasteiger partial charge in [0.25, 0.3) is 0 Å². The normalized spacial score (nSPS) is 12.6. The summed E-state index contributed by atoms with van der Waals surface area (Å²) >= 11 is 0. The molecule has 0 spiro atoms. The number of aliphatic hydroxyl groups is 1. The van der Waals surface area contributed by atoms with Gasteiger partial charge in [-0.3, -0.25) is 9.48 Å². The summed E-state index contributed by atoms with van der Waals surface area (Å²) in [5.74, 6) is -1.65. The third-order valence-electron chi connectivity index (χ3n) is 2.27. The molecule has 1 aromatic rings. The van der Waals surface area contributed by atoms with E-state index in [1.807, 2.05) is 0 Å². The van der Waals surface area contributed by atoms with Gasteiger partial charge in [-0.25, -0.2) is 4.79 Å². The number of hydrogen-bond acceptors (Lipinski definition) is 4. The summed E-state index contributed by atoms with van der Waals surface area (Å²) in [6, 6.07) is 1.75. The van der Waals surface area contributed by atoms with Crippen molar-refractivity contribution in [2.24, 2.45) is 7.05 Å². The molecule has 98 valence electrons. The molecule has 0 saturated carbocycles. The van der Waals surface area contributed by atoms with E-state index in [-0.39, 0.29) is 18.9 Å². The first-order valence-electron chi connectivity index (χ1n) is 5.35. The maximum absolute atomic E-state index is 11.3. The van der Waals surface area contributed by atoms with Crippen molar-refractivity contribution in [2.75, 3.05) is 6.54 Å². The summed E-state index contributed by atoms with van der Waals surface area (Å²) in [6.45, 7) is 0.0992. The fourth-order valence-corrected chi connectivity index (χ4v) is 1.22. The van der Waals surface area contributed by atoms with E-state index in [4.69, 9.17) is 10.2 Å². The number of amides is 1. The average molecular weight is 253 g/mol. The van der Waals surface area contributed by atoms with Gasteiger partial charge in [0.05, 0.1) is 5.69 Å². The Morgan fingerprint density at radius 2 is 2.33 bits per heavy atom. The highest BCUT2D eigenvalue weighted by Crippen LogP contribution is 1.98. The first-order chi connectivity index (χ1) is 8.50. The van der Waals surface area contributed by atoms with Crippen LogP contribution < -0.4 is 5.32 Å². The molecule has 7 nitrogen and oxygen atoms in total. The van der Waals surface area contributed by atoms with E-state index in [0.717, 1.165) is 5.69 Å². The molecule has 0 aromatic carbocycles. The van der Waals surface area contributed by atoms with Crippen molar-refractivity contribution >= 4 is 18.0 Å². The van der Waals surface area contributed by atoms with Gasteiger partial charge in [0.1, 0.15) is 0 Å². The first kappa shape index (κ1) is 13.9. The highest BCUT2D eigenvalue weighted by atomic mass is 16.4. The van der Waals surface area contributed by atoms with Crippen molar-refractivity contribution < 1.29 is 19.8 Å². The van der Waals surface area contributed by atoms with Gasteiger partial charge >= 0.3 is 5.97 Å². The van der Waals surface area contributed by atoms with Gasteiger partial charge in [-0.2, -0.15) is 5.10 Å². The third-order valence-corrected chi connectivity index (χ3v) is 2.27. The predicted molar refractivity (Wildman–Crippen MR) is 63.5 cm³/mol. The summed E-state index contributed by atoms with van der Waals surface area (Å²) in [7, 11) is 1.75. The van der Waals surface area contributed by atoms with Crippen LogP contribution in [0, 0.1) is 0 Å². The van der Waals surface area contributed by atoms with Crippen LogP contribution in [0.15, 0.2) is 18.3 Å². The average Bonchev–Trinajstić information content (AvgIpc) is 2.72. The van der Waals surface area contributed by atoms with Crippen LogP contribution in [0.5, 0.6) is 0 Å². The number of carboxylic acid groups (broad SMARTS) is 1. The van der Waals surface area contributed by atoms with Crippen molar-refractivity contribution in [1.29, 1.82) is 0 Å². The lowest BCUT2D eigenvalue weighted by Crippen LogP contribution is -2.28. The van der Waals surface area contributed by atoms with Crippen LogP contribution in [0.25, 0.3) is 6.08 Å². The molecule has 0 fully saturated rings. The predicted octanol–water partition coefficient (Wildman–Crippen LogP) is -0.615. The molecule has 18 heavy (non-hydrogen) atoms. The van der Waals surface area contributed by atoms with Gasteiger partial charge in [-0.1, -0.05) is 0 Å². The van der Waals surface area contributed by atoms with Gasteiger partial charge in [0.15, 0.2) is 6.10 Å². The molecule has 1 aromatic heterocycles. The van der Waals surface area contributed by atoms with E-state index in [2.05, 4.69) is 10.4 Å². The lowest BCUT2D eigenvalue weighted by atomic mass is 10.2. The lowest BCUT2D eigenvalue weighted by Gasteiger charge is -2.05. The standard InChI is InChI=1S/C11H15N3O4/c1-14-8(4-7-13-14)2-3-10(16)12-6-5-9(15)11(17)18/h2-4,7,9,15H,5-6H2,1H3,(H,12,16)(H,17,18)/b3-2+. The first-order valence-corrected chi connectivity index (χ1v) is 5.35. The molecule has 1 heterocycles. The number of aliphatic carboxylic acids is 1. The summed E-state index contributed by atoms with van der Waals surface area (Å²) < 4.78 is 1.61. The Hall–Kier alpha value is -2.15. The molecule has 3 N–H and O–H groups in total. The molecule has 0 radical (unpaired) electrons. The van der Waals surface area contributed by atoms with E-state index in [1.54, 1.807) is 30.1 Å². The fraction of sp³-hybridized carbons (Fsp3) is 0.364. The zero-order valence-electron chi connectivity index (χ0n) is 9.91. The Bertz CT molecular complexity index is 453. The minimum Gasteiger partial charge on any atom is -0.479 e. The second-order valence-corrected chi connectivity index (χ2v) is 3.65. The number of carbonyl (C=O) groups is 2. The molecule has 1 amide bonds. The van der Waals surface area contributed by atoms with E-state index >= 15 is 0 Å². The van der Waals surface area contributed by atoms with Crippen molar-refractivity contribution in [1.82, 2.24) is 15.1 Å². The molecular weight excluding hydrogens is 238 g/mol. The van der Waals surface area contributed by atoms with Crippen molar-refractivity contribution in [3.05, 3.63) is 24.0 Å². The minimum atomic E-state index is -1.45. The number of rotatable bonds is 6. The van der Waals surface area contributed by atoms with Gasteiger partial charge < -0.3 is 15.5 Å². The SMILES string of the molecule is Cn1nccc1/C=C/C(=O)NCCC(O)C(=O)O. The van der Waals surface area contributed by atoms with Crippen molar-refractivity contribution in [3.63, 3.8) is 0 Å². The molecule has 0 aliphatic rings. The quantitative estimate of drug-likeness (QED) is 0.586. The van der Waals surface area contributed by atoms with Crippen molar-refractivity contribution in [2.45, 2.75) is 12.5 Å². The third kappa shape index (κ3) is 4.38. The Kier molecular flexibility index (Phi) is 5.06. The van der Waals surface area contributed by atoms with Crippen LogP contribution in [-0.4, -0.2) is 44.5 Å². The van der Waals surface area contributed by atoms with Crippen LogP contribution >= 0.6 is 0 Å². The molecule has 1 rings (SSSR count). The van der Waals surface area contributed by atoms with Crippen molar-refractivity contribution in [3.8, 4) is 0 Å². The number of nitrogens with one attached hydrogen (secondary N) is 1.